The predicted molar refractivity (Wildman–Crippen MR) is 62.9 cm³/mol. The summed E-state index contributed by atoms with van der Waals surface area (Å²) in [6.07, 6.45) is -2.61. The van der Waals surface area contributed by atoms with Crippen molar-refractivity contribution in [3.8, 4) is 0 Å². The Bertz CT molecular complexity index is 338. The van der Waals surface area contributed by atoms with Crippen molar-refractivity contribution in [2.75, 3.05) is 6.54 Å². The third kappa shape index (κ3) is 3.74. The van der Waals surface area contributed by atoms with E-state index in [1.807, 2.05) is 0 Å². The molecule has 1 aromatic heterocycles. The van der Waals surface area contributed by atoms with Crippen LogP contribution in [0.3, 0.4) is 0 Å². The molecule has 0 aliphatic heterocycles. The predicted octanol–water partition coefficient (Wildman–Crippen LogP) is 2.77. The molecule has 0 amide bonds. The van der Waals surface area contributed by atoms with E-state index in [4.69, 9.17) is 10.2 Å². The Hall–Kier alpha value is -1.01. The monoisotopic (exact) mass is 264 g/mol. The van der Waals surface area contributed by atoms with Gasteiger partial charge in [0.15, 0.2) is 0 Å². The highest BCUT2D eigenvalue weighted by atomic mass is 19.4. The Labute approximate surface area is 105 Å². The number of nitrogens with zero attached hydrogens (tertiary/aromatic N) is 1. The lowest BCUT2D eigenvalue weighted by atomic mass is 10.0. The second kappa shape index (κ2) is 6.24. The van der Waals surface area contributed by atoms with Gasteiger partial charge in [-0.25, -0.2) is 0 Å². The fourth-order valence-electron chi connectivity index (χ4n) is 1.95. The molecule has 0 radical (unpaired) electrons. The molecular weight excluding hydrogens is 245 g/mol. The molecular formula is C12H19F3N2O. The Kier molecular flexibility index (Phi) is 5.22. The van der Waals surface area contributed by atoms with Gasteiger partial charge in [0.25, 0.3) is 0 Å². The molecule has 104 valence electrons. The highest BCUT2D eigenvalue weighted by Gasteiger charge is 2.46. The van der Waals surface area contributed by atoms with Gasteiger partial charge in [0.1, 0.15) is 11.8 Å². The van der Waals surface area contributed by atoms with Crippen molar-refractivity contribution in [1.82, 2.24) is 4.90 Å². The smallest absolute Gasteiger partial charge is 0.405 e. The molecule has 2 unspecified atom stereocenters. The Balaban J connectivity index is 2.87. The standard InChI is InChI=1S/C12H19F3N2O/c1-3-10(16)11(12(13,14)15)17(4-2)8-9-6-5-7-18-9/h5-7,10-11H,3-4,8,16H2,1-2H3. The number of hydrogen-bond acceptors (Lipinski definition) is 3. The average Bonchev–Trinajstić information content (AvgIpc) is 2.78. The summed E-state index contributed by atoms with van der Waals surface area (Å²) < 4.78 is 44.3. The summed E-state index contributed by atoms with van der Waals surface area (Å²) in [6.45, 7) is 3.72. The van der Waals surface area contributed by atoms with Crippen LogP contribution in [0, 0.1) is 0 Å². The zero-order valence-electron chi connectivity index (χ0n) is 10.6. The summed E-state index contributed by atoms with van der Waals surface area (Å²) in [5.41, 5.74) is 5.62. The van der Waals surface area contributed by atoms with Crippen LogP contribution in [0.5, 0.6) is 0 Å². The summed E-state index contributed by atoms with van der Waals surface area (Å²) in [7, 11) is 0. The molecule has 2 N–H and O–H groups in total. The van der Waals surface area contributed by atoms with E-state index in [0.717, 1.165) is 0 Å². The summed E-state index contributed by atoms with van der Waals surface area (Å²) >= 11 is 0. The van der Waals surface area contributed by atoms with E-state index in [9.17, 15) is 13.2 Å². The quantitative estimate of drug-likeness (QED) is 0.859. The van der Waals surface area contributed by atoms with Crippen molar-refractivity contribution in [2.24, 2.45) is 5.73 Å². The molecule has 1 aromatic rings. The molecule has 0 saturated carbocycles. The van der Waals surface area contributed by atoms with E-state index >= 15 is 0 Å². The van der Waals surface area contributed by atoms with E-state index < -0.39 is 18.3 Å². The van der Waals surface area contributed by atoms with Crippen LogP contribution in [0.1, 0.15) is 26.0 Å². The fourth-order valence-corrected chi connectivity index (χ4v) is 1.95. The summed E-state index contributed by atoms with van der Waals surface area (Å²) in [6, 6.07) is 0.747. The van der Waals surface area contributed by atoms with Crippen LogP contribution in [0.15, 0.2) is 22.8 Å². The van der Waals surface area contributed by atoms with Crippen molar-refractivity contribution in [1.29, 1.82) is 0 Å². The van der Waals surface area contributed by atoms with Crippen LogP contribution >= 0.6 is 0 Å². The second-order valence-electron chi connectivity index (χ2n) is 4.20. The minimum Gasteiger partial charge on any atom is -0.468 e. The molecule has 0 spiro atoms. The van der Waals surface area contributed by atoms with Gasteiger partial charge < -0.3 is 10.2 Å². The number of hydrogen-bond donors (Lipinski definition) is 1. The lowest BCUT2D eigenvalue weighted by Crippen LogP contribution is -2.55. The summed E-state index contributed by atoms with van der Waals surface area (Å²) in [5, 5.41) is 0. The van der Waals surface area contributed by atoms with Crippen LogP contribution < -0.4 is 5.73 Å². The van der Waals surface area contributed by atoms with Gasteiger partial charge in [0.2, 0.25) is 0 Å². The van der Waals surface area contributed by atoms with E-state index in [1.54, 1.807) is 26.0 Å². The van der Waals surface area contributed by atoms with Gasteiger partial charge in [-0.1, -0.05) is 13.8 Å². The van der Waals surface area contributed by atoms with E-state index in [-0.39, 0.29) is 19.5 Å². The molecule has 2 atom stereocenters. The number of nitrogens with two attached hydrogens (primary N) is 1. The van der Waals surface area contributed by atoms with Gasteiger partial charge in [0, 0.05) is 6.04 Å². The third-order valence-electron chi connectivity index (χ3n) is 2.95. The molecule has 0 aliphatic carbocycles. The highest BCUT2D eigenvalue weighted by molar-refractivity contribution is 4.99. The Morgan fingerprint density at radius 2 is 2.06 bits per heavy atom. The SMILES string of the molecule is CCC(N)C(N(CC)Cc1ccco1)C(F)(F)F. The van der Waals surface area contributed by atoms with Gasteiger partial charge in [-0.3, -0.25) is 4.90 Å². The molecule has 0 fully saturated rings. The van der Waals surface area contributed by atoms with Crippen LogP contribution in [0.2, 0.25) is 0 Å². The van der Waals surface area contributed by atoms with Gasteiger partial charge >= 0.3 is 6.18 Å². The zero-order valence-corrected chi connectivity index (χ0v) is 10.6. The lowest BCUT2D eigenvalue weighted by molar-refractivity contribution is -0.191. The number of furan rings is 1. The van der Waals surface area contributed by atoms with Crippen LogP contribution in [0.25, 0.3) is 0 Å². The van der Waals surface area contributed by atoms with Crippen molar-refractivity contribution in [3.05, 3.63) is 24.2 Å². The normalized spacial score (nSPS) is 15.9. The third-order valence-corrected chi connectivity index (χ3v) is 2.95. The van der Waals surface area contributed by atoms with E-state index in [1.165, 1.54) is 11.2 Å². The van der Waals surface area contributed by atoms with Crippen LogP contribution in [-0.4, -0.2) is 29.7 Å². The molecule has 1 rings (SSSR count). The minimum atomic E-state index is -4.34. The Morgan fingerprint density at radius 1 is 1.39 bits per heavy atom. The summed E-state index contributed by atoms with van der Waals surface area (Å²) in [4.78, 5) is 1.30. The number of likely N-dealkylation sites (N-methyl/N-ethyl adjacent to an activating group) is 1. The molecule has 0 aliphatic rings. The molecule has 6 heteroatoms. The maximum atomic E-state index is 13.1. The minimum absolute atomic E-state index is 0.112. The second-order valence-corrected chi connectivity index (χ2v) is 4.20. The van der Waals surface area contributed by atoms with Gasteiger partial charge in [0.05, 0.1) is 12.8 Å². The highest BCUT2D eigenvalue weighted by Crippen LogP contribution is 2.28. The van der Waals surface area contributed by atoms with Crippen LogP contribution in [0.4, 0.5) is 13.2 Å². The molecule has 0 saturated heterocycles. The largest absolute Gasteiger partial charge is 0.468 e. The number of halogens is 3. The van der Waals surface area contributed by atoms with Gasteiger partial charge in [-0.2, -0.15) is 13.2 Å². The zero-order chi connectivity index (χ0) is 13.8. The van der Waals surface area contributed by atoms with Crippen molar-refractivity contribution in [2.45, 2.75) is 45.1 Å². The molecule has 3 nitrogen and oxygen atoms in total. The summed E-state index contributed by atoms with van der Waals surface area (Å²) in [5.74, 6) is 0.509. The first-order valence-corrected chi connectivity index (χ1v) is 5.98. The Morgan fingerprint density at radius 3 is 2.44 bits per heavy atom. The molecule has 0 bridgehead atoms. The molecule has 1 heterocycles. The first kappa shape index (κ1) is 15.0. The average molecular weight is 264 g/mol. The maximum Gasteiger partial charge on any atom is 0.405 e. The topological polar surface area (TPSA) is 42.4 Å². The van der Waals surface area contributed by atoms with Gasteiger partial charge in [-0.15, -0.1) is 0 Å². The fraction of sp³-hybridized carbons (Fsp3) is 0.667. The van der Waals surface area contributed by atoms with Crippen molar-refractivity contribution in [3.63, 3.8) is 0 Å². The first-order chi connectivity index (χ1) is 8.40. The maximum absolute atomic E-state index is 13.1. The van der Waals surface area contributed by atoms with Gasteiger partial charge in [-0.05, 0) is 25.1 Å². The number of rotatable bonds is 6. The molecule has 0 aromatic carbocycles. The van der Waals surface area contributed by atoms with E-state index in [2.05, 4.69) is 0 Å². The van der Waals surface area contributed by atoms with Crippen molar-refractivity contribution >= 4 is 0 Å². The molecule has 18 heavy (non-hydrogen) atoms. The van der Waals surface area contributed by atoms with Crippen LogP contribution in [-0.2, 0) is 6.54 Å². The number of alkyl halides is 3. The van der Waals surface area contributed by atoms with Crippen molar-refractivity contribution < 1.29 is 17.6 Å². The lowest BCUT2D eigenvalue weighted by Gasteiger charge is -2.35. The van der Waals surface area contributed by atoms with E-state index in [0.29, 0.717) is 5.76 Å². The first-order valence-electron chi connectivity index (χ1n) is 5.98.